The molecule has 20 heavy (non-hydrogen) atoms. The van der Waals surface area contributed by atoms with Crippen LogP contribution in [-0.4, -0.2) is 16.0 Å². The maximum atomic E-state index is 11.7. The molecule has 1 atom stereocenters. The highest BCUT2D eigenvalue weighted by atomic mass is 16.5. The van der Waals surface area contributed by atoms with Crippen molar-refractivity contribution in [2.24, 2.45) is 0 Å². The van der Waals surface area contributed by atoms with Crippen molar-refractivity contribution in [2.75, 3.05) is 0 Å². The summed E-state index contributed by atoms with van der Waals surface area (Å²) in [6.07, 6.45) is 2.42. The van der Waals surface area contributed by atoms with Gasteiger partial charge < -0.3 is 9.84 Å². The molecule has 0 aliphatic rings. The van der Waals surface area contributed by atoms with E-state index in [1.807, 2.05) is 37.3 Å². The molecule has 0 saturated carbocycles. The number of carbonyl (C=O) groups is 1. The molecule has 5 heteroatoms. The number of nitrogens with zero attached hydrogens (tertiary/aromatic N) is 2. The van der Waals surface area contributed by atoms with Gasteiger partial charge in [-0.2, -0.15) is 4.98 Å². The highest BCUT2D eigenvalue weighted by molar-refractivity contribution is 5.76. The molecule has 1 amide bonds. The van der Waals surface area contributed by atoms with Gasteiger partial charge >= 0.3 is 0 Å². The minimum Gasteiger partial charge on any atom is -0.345 e. The van der Waals surface area contributed by atoms with Gasteiger partial charge in [-0.1, -0.05) is 48.8 Å². The maximum Gasteiger partial charge on any atom is 0.249 e. The highest BCUT2D eigenvalue weighted by Crippen LogP contribution is 2.18. The standard InChI is InChI=1S/C15H19N3O2/c1-3-4-10-13(19)16-11(2)15-17-14(18-20-15)12-8-6-5-7-9-12/h5-9,11H,3-4,10H2,1-2H3,(H,16,19)/t11-/m0/s1. The second-order valence-corrected chi connectivity index (χ2v) is 4.72. The molecule has 1 heterocycles. The second-order valence-electron chi connectivity index (χ2n) is 4.72. The van der Waals surface area contributed by atoms with E-state index in [2.05, 4.69) is 22.4 Å². The molecule has 0 spiro atoms. The van der Waals surface area contributed by atoms with Gasteiger partial charge in [0.2, 0.25) is 17.6 Å². The summed E-state index contributed by atoms with van der Waals surface area (Å²) in [5.41, 5.74) is 0.895. The van der Waals surface area contributed by atoms with E-state index >= 15 is 0 Å². The lowest BCUT2D eigenvalue weighted by atomic mass is 10.2. The Morgan fingerprint density at radius 3 is 2.80 bits per heavy atom. The Hall–Kier alpha value is -2.17. The highest BCUT2D eigenvalue weighted by Gasteiger charge is 2.16. The summed E-state index contributed by atoms with van der Waals surface area (Å²) in [6, 6.07) is 9.33. The van der Waals surface area contributed by atoms with Crippen molar-refractivity contribution in [3.63, 3.8) is 0 Å². The predicted octanol–water partition coefficient (Wildman–Crippen LogP) is 3.10. The molecule has 0 saturated heterocycles. The Bertz CT molecular complexity index is 551. The van der Waals surface area contributed by atoms with E-state index in [1.165, 1.54) is 0 Å². The van der Waals surface area contributed by atoms with Crippen molar-refractivity contribution in [1.29, 1.82) is 0 Å². The van der Waals surface area contributed by atoms with Crippen LogP contribution in [0.1, 0.15) is 45.0 Å². The number of amides is 1. The summed E-state index contributed by atoms with van der Waals surface area (Å²) in [5, 5.41) is 6.80. The third kappa shape index (κ3) is 3.66. The Labute approximate surface area is 118 Å². The Morgan fingerprint density at radius 2 is 2.10 bits per heavy atom. The van der Waals surface area contributed by atoms with Crippen LogP contribution in [0.25, 0.3) is 11.4 Å². The summed E-state index contributed by atoms with van der Waals surface area (Å²) >= 11 is 0. The van der Waals surface area contributed by atoms with Gasteiger partial charge in [-0.25, -0.2) is 0 Å². The molecule has 0 fully saturated rings. The molecular formula is C15H19N3O2. The van der Waals surface area contributed by atoms with Crippen LogP contribution in [0.15, 0.2) is 34.9 Å². The third-order valence-corrected chi connectivity index (χ3v) is 2.98. The fourth-order valence-electron chi connectivity index (χ4n) is 1.83. The van der Waals surface area contributed by atoms with Gasteiger partial charge in [-0.3, -0.25) is 4.79 Å². The molecule has 1 aromatic heterocycles. The Morgan fingerprint density at radius 1 is 1.35 bits per heavy atom. The minimum atomic E-state index is -0.274. The molecule has 106 valence electrons. The first kappa shape index (κ1) is 14.2. The lowest BCUT2D eigenvalue weighted by molar-refractivity contribution is -0.122. The van der Waals surface area contributed by atoms with E-state index in [-0.39, 0.29) is 11.9 Å². The van der Waals surface area contributed by atoms with E-state index in [0.717, 1.165) is 18.4 Å². The van der Waals surface area contributed by atoms with Crippen LogP contribution in [0.2, 0.25) is 0 Å². The van der Waals surface area contributed by atoms with Gasteiger partial charge in [-0.15, -0.1) is 0 Å². The second kappa shape index (κ2) is 6.84. The van der Waals surface area contributed by atoms with Gasteiger partial charge in [0.15, 0.2) is 0 Å². The van der Waals surface area contributed by atoms with Gasteiger partial charge in [-0.05, 0) is 13.3 Å². The number of unbranched alkanes of at least 4 members (excludes halogenated alkanes) is 1. The summed E-state index contributed by atoms with van der Waals surface area (Å²) in [6.45, 7) is 3.90. The SMILES string of the molecule is CCCCC(=O)N[C@@H](C)c1nc(-c2ccccc2)no1. The van der Waals surface area contributed by atoms with Crippen LogP contribution in [0.3, 0.4) is 0 Å². The topological polar surface area (TPSA) is 68.0 Å². The molecule has 1 N–H and O–H groups in total. The van der Waals surface area contributed by atoms with Crippen molar-refractivity contribution in [2.45, 2.75) is 39.2 Å². The first-order valence-corrected chi connectivity index (χ1v) is 6.89. The normalized spacial score (nSPS) is 12.1. The lowest BCUT2D eigenvalue weighted by Crippen LogP contribution is -2.26. The average Bonchev–Trinajstić information content (AvgIpc) is 2.96. The van der Waals surface area contributed by atoms with Crippen LogP contribution in [0.5, 0.6) is 0 Å². The van der Waals surface area contributed by atoms with Gasteiger partial charge in [0.05, 0.1) is 0 Å². The van der Waals surface area contributed by atoms with E-state index < -0.39 is 0 Å². The van der Waals surface area contributed by atoms with Crippen LogP contribution in [0.4, 0.5) is 0 Å². The van der Waals surface area contributed by atoms with Crippen LogP contribution in [-0.2, 0) is 4.79 Å². The first-order valence-electron chi connectivity index (χ1n) is 6.89. The van der Waals surface area contributed by atoms with Crippen LogP contribution >= 0.6 is 0 Å². The first-order chi connectivity index (χ1) is 9.70. The maximum absolute atomic E-state index is 11.7. The van der Waals surface area contributed by atoms with Gasteiger partial charge in [0.1, 0.15) is 6.04 Å². The van der Waals surface area contributed by atoms with Crippen molar-refractivity contribution < 1.29 is 9.32 Å². The number of rotatable bonds is 6. The zero-order valence-corrected chi connectivity index (χ0v) is 11.8. The third-order valence-electron chi connectivity index (χ3n) is 2.98. The van der Waals surface area contributed by atoms with E-state index in [0.29, 0.717) is 18.1 Å². The fraction of sp³-hybridized carbons (Fsp3) is 0.400. The van der Waals surface area contributed by atoms with Crippen molar-refractivity contribution >= 4 is 5.91 Å². The monoisotopic (exact) mass is 273 g/mol. The van der Waals surface area contributed by atoms with Crippen molar-refractivity contribution in [3.05, 3.63) is 36.2 Å². The predicted molar refractivity (Wildman–Crippen MR) is 75.8 cm³/mol. The van der Waals surface area contributed by atoms with E-state index in [9.17, 15) is 4.79 Å². The molecule has 1 aromatic carbocycles. The minimum absolute atomic E-state index is 0.0128. The number of aromatic nitrogens is 2. The molecule has 0 bridgehead atoms. The van der Waals surface area contributed by atoms with Gasteiger partial charge in [0.25, 0.3) is 0 Å². The number of hydrogen-bond donors (Lipinski definition) is 1. The molecule has 0 aliphatic carbocycles. The molecule has 5 nitrogen and oxygen atoms in total. The number of carbonyl (C=O) groups excluding carboxylic acids is 1. The van der Waals surface area contributed by atoms with Crippen molar-refractivity contribution in [3.8, 4) is 11.4 Å². The summed E-state index contributed by atoms with van der Waals surface area (Å²) in [5.74, 6) is 0.975. The summed E-state index contributed by atoms with van der Waals surface area (Å²) in [4.78, 5) is 16.0. The zero-order chi connectivity index (χ0) is 14.4. The molecule has 2 rings (SSSR count). The van der Waals surface area contributed by atoms with E-state index in [1.54, 1.807) is 0 Å². The van der Waals surface area contributed by atoms with E-state index in [4.69, 9.17) is 4.52 Å². The Balaban J connectivity index is 2.00. The number of hydrogen-bond acceptors (Lipinski definition) is 4. The molecule has 0 aliphatic heterocycles. The lowest BCUT2D eigenvalue weighted by Gasteiger charge is -2.08. The average molecular weight is 273 g/mol. The molecular weight excluding hydrogens is 254 g/mol. The summed E-state index contributed by atoms with van der Waals surface area (Å²) in [7, 11) is 0. The zero-order valence-electron chi connectivity index (χ0n) is 11.8. The fourth-order valence-corrected chi connectivity index (χ4v) is 1.83. The molecule has 2 aromatic rings. The molecule has 0 unspecified atom stereocenters. The van der Waals surface area contributed by atoms with Crippen LogP contribution < -0.4 is 5.32 Å². The number of benzene rings is 1. The Kier molecular flexibility index (Phi) is 4.87. The van der Waals surface area contributed by atoms with Crippen molar-refractivity contribution in [1.82, 2.24) is 15.5 Å². The van der Waals surface area contributed by atoms with Crippen LogP contribution in [0, 0.1) is 0 Å². The smallest absolute Gasteiger partial charge is 0.249 e. The number of nitrogens with one attached hydrogen (secondary N) is 1. The largest absolute Gasteiger partial charge is 0.345 e. The molecule has 0 radical (unpaired) electrons. The summed E-state index contributed by atoms with van der Waals surface area (Å²) < 4.78 is 5.21. The quantitative estimate of drug-likeness (QED) is 0.878. The van der Waals surface area contributed by atoms with Gasteiger partial charge in [0, 0.05) is 12.0 Å².